The number of aliphatic carboxylic acids is 2. The number of carbonyl (C=O) groups is 3. The van der Waals surface area contributed by atoms with Gasteiger partial charge in [-0.25, -0.2) is 0 Å². The van der Waals surface area contributed by atoms with Gasteiger partial charge in [-0.2, -0.15) is 0 Å². The Morgan fingerprint density at radius 1 is 1.22 bits per heavy atom. The normalized spacial score (nSPS) is 14.7. The summed E-state index contributed by atoms with van der Waals surface area (Å²) in [7, 11) is 0. The molecule has 2 N–H and O–H groups in total. The first-order valence-corrected chi connectivity index (χ1v) is 5.78. The predicted octanol–water partition coefficient (Wildman–Crippen LogP) is 1.53. The van der Waals surface area contributed by atoms with Crippen molar-refractivity contribution in [2.24, 2.45) is 11.8 Å². The fraction of sp³-hybridized carbons (Fsp3) is 0.750. The summed E-state index contributed by atoms with van der Waals surface area (Å²) in [5, 5.41) is 17.6. The summed E-state index contributed by atoms with van der Waals surface area (Å²) < 4.78 is 5.16. The number of carboxylic acids is 2. The van der Waals surface area contributed by atoms with Crippen molar-refractivity contribution >= 4 is 17.9 Å². The number of hydrogen-bond donors (Lipinski definition) is 2. The highest BCUT2D eigenvalue weighted by Gasteiger charge is 2.35. The summed E-state index contributed by atoms with van der Waals surface area (Å²) in [6.07, 6.45) is 0.00603. The Hall–Kier alpha value is -1.59. The summed E-state index contributed by atoms with van der Waals surface area (Å²) in [6.45, 7) is 6.50. The molecule has 6 heteroatoms. The second-order valence-electron chi connectivity index (χ2n) is 4.87. The third-order valence-electron chi connectivity index (χ3n) is 2.92. The maximum Gasteiger partial charge on any atom is 0.310 e. The van der Waals surface area contributed by atoms with Crippen LogP contribution in [0.15, 0.2) is 0 Å². The molecule has 18 heavy (non-hydrogen) atoms. The van der Waals surface area contributed by atoms with Crippen molar-refractivity contribution in [2.45, 2.75) is 46.1 Å². The molecule has 0 aromatic carbocycles. The minimum atomic E-state index is -1.22. The van der Waals surface area contributed by atoms with Gasteiger partial charge in [-0.1, -0.05) is 13.8 Å². The van der Waals surface area contributed by atoms with Gasteiger partial charge in [-0.3, -0.25) is 14.4 Å². The first-order valence-electron chi connectivity index (χ1n) is 5.78. The molecule has 104 valence electrons. The van der Waals surface area contributed by atoms with Crippen LogP contribution in [0.2, 0.25) is 0 Å². The van der Waals surface area contributed by atoms with Gasteiger partial charge in [0.05, 0.1) is 18.3 Å². The highest BCUT2D eigenvalue weighted by molar-refractivity contribution is 5.84. The van der Waals surface area contributed by atoms with E-state index >= 15 is 0 Å². The number of carboxylic acid groups (broad SMARTS) is 2. The average molecular weight is 260 g/mol. The maximum atomic E-state index is 11.9. The highest BCUT2D eigenvalue weighted by Crippen LogP contribution is 2.23. The Bertz CT molecular complexity index is 333. The van der Waals surface area contributed by atoms with Crippen LogP contribution in [0.3, 0.4) is 0 Å². The molecule has 0 aliphatic carbocycles. The standard InChI is InChI=1S/C12H20O6/c1-5-12(3,4)18-11(17)8(6-9(13)14)7(2)10(15)16/h7-8H,5-6H2,1-4H3,(H,13,14)(H,15,16). The quantitative estimate of drug-likeness (QED) is 0.673. The van der Waals surface area contributed by atoms with Crippen LogP contribution in [0, 0.1) is 11.8 Å². The molecule has 0 fully saturated rings. The summed E-state index contributed by atoms with van der Waals surface area (Å²) in [4.78, 5) is 33.4. The predicted molar refractivity (Wildman–Crippen MR) is 63.0 cm³/mol. The number of esters is 1. The lowest BCUT2D eigenvalue weighted by atomic mass is 9.90. The molecular weight excluding hydrogens is 240 g/mol. The Kier molecular flexibility index (Phi) is 5.81. The van der Waals surface area contributed by atoms with Gasteiger partial charge in [0.2, 0.25) is 0 Å². The molecule has 0 rings (SSSR count). The van der Waals surface area contributed by atoms with Crippen molar-refractivity contribution in [3.63, 3.8) is 0 Å². The Morgan fingerprint density at radius 3 is 2.06 bits per heavy atom. The zero-order valence-corrected chi connectivity index (χ0v) is 11.1. The molecule has 2 unspecified atom stereocenters. The van der Waals surface area contributed by atoms with Gasteiger partial charge in [0.25, 0.3) is 0 Å². The van der Waals surface area contributed by atoms with Gasteiger partial charge in [-0.15, -0.1) is 0 Å². The van der Waals surface area contributed by atoms with Crippen molar-refractivity contribution in [3.8, 4) is 0 Å². The Labute approximate surface area is 106 Å². The van der Waals surface area contributed by atoms with Gasteiger partial charge in [0, 0.05) is 0 Å². The molecule has 0 aromatic heterocycles. The molecule has 2 atom stereocenters. The summed E-state index contributed by atoms with van der Waals surface area (Å²) in [6, 6.07) is 0. The van der Waals surface area contributed by atoms with Crippen LogP contribution in [-0.4, -0.2) is 33.7 Å². The van der Waals surface area contributed by atoms with Crippen LogP contribution in [-0.2, 0) is 19.1 Å². The third kappa shape index (κ3) is 5.16. The summed E-state index contributed by atoms with van der Waals surface area (Å²) in [5.74, 6) is -5.49. The second-order valence-corrected chi connectivity index (χ2v) is 4.87. The summed E-state index contributed by atoms with van der Waals surface area (Å²) >= 11 is 0. The molecular formula is C12H20O6. The van der Waals surface area contributed by atoms with E-state index in [0.29, 0.717) is 6.42 Å². The Morgan fingerprint density at radius 2 is 1.72 bits per heavy atom. The maximum absolute atomic E-state index is 11.9. The molecule has 0 amide bonds. The molecule has 0 saturated carbocycles. The van der Waals surface area contributed by atoms with Gasteiger partial charge < -0.3 is 14.9 Å². The molecule has 0 heterocycles. The van der Waals surface area contributed by atoms with Crippen LogP contribution in [0.5, 0.6) is 0 Å². The minimum Gasteiger partial charge on any atom is -0.481 e. The zero-order valence-electron chi connectivity index (χ0n) is 11.1. The fourth-order valence-electron chi connectivity index (χ4n) is 1.24. The van der Waals surface area contributed by atoms with Crippen LogP contribution in [0.25, 0.3) is 0 Å². The largest absolute Gasteiger partial charge is 0.481 e. The van der Waals surface area contributed by atoms with Crippen LogP contribution >= 0.6 is 0 Å². The molecule has 0 aliphatic rings. The number of ether oxygens (including phenoxy) is 1. The van der Waals surface area contributed by atoms with Crippen molar-refractivity contribution in [1.29, 1.82) is 0 Å². The van der Waals surface area contributed by atoms with E-state index in [9.17, 15) is 14.4 Å². The van der Waals surface area contributed by atoms with E-state index in [0.717, 1.165) is 0 Å². The lowest BCUT2D eigenvalue weighted by Gasteiger charge is -2.27. The van der Waals surface area contributed by atoms with E-state index in [4.69, 9.17) is 14.9 Å². The summed E-state index contributed by atoms with van der Waals surface area (Å²) in [5.41, 5.74) is -0.730. The van der Waals surface area contributed by atoms with Crippen molar-refractivity contribution in [3.05, 3.63) is 0 Å². The fourth-order valence-corrected chi connectivity index (χ4v) is 1.24. The molecule has 0 radical (unpaired) electrons. The third-order valence-corrected chi connectivity index (χ3v) is 2.92. The van der Waals surface area contributed by atoms with Crippen molar-refractivity contribution < 1.29 is 29.3 Å². The van der Waals surface area contributed by atoms with E-state index in [1.54, 1.807) is 13.8 Å². The van der Waals surface area contributed by atoms with E-state index in [2.05, 4.69) is 0 Å². The van der Waals surface area contributed by atoms with Crippen LogP contribution in [0.1, 0.15) is 40.5 Å². The lowest BCUT2D eigenvalue weighted by molar-refractivity contribution is -0.170. The average Bonchev–Trinajstić information content (AvgIpc) is 2.23. The molecule has 6 nitrogen and oxygen atoms in total. The number of carbonyl (C=O) groups excluding carboxylic acids is 1. The SMILES string of the molecule is CCC(C)(C)OC(=O)C(CC(=O)O)C(C)C(=O)O. The molecule has 0 aromatic rings. The lowest BCUT2D eigenvalue weighted by Crippen LogP contribution is -2.36. The van der Waals surface area contributed by atoms with Crippen LogP contribution < -0.4 is 0 Å². The van der Waals surface area contributed by atoms with E-state index in [1.165, 1.54) is 6.92 Å². The van der Waals surface area contributed by atoms with Crippen molar-refractivity contribution in [1.82, 2.24) is 0 Å². The number of hydrogen-bond acceptors (Lipinski definition) is 4. The number of rotatable bonds is 7. The van der Waals surface area contributed by atoms with Crippen LogP contribution in [0.4, 0.5) is 0 Å². The topological polar surface area (TPSA) is 101 Å². The molecule has 0 saturated heterocycles. The van der Waals surface area contributed by atoms with E-state index in [-0.39, 0.29) is 0 Å². The first kappa shape index (κ1) is 16.4. The zero-order chi connectivity index (χ0) is 14.5. The Balaban J connectivity index is 4.91. The minimum absolute atomic E-state index is 0.550. The van der Waals surface area contributed by atoms with E-state index in [1.807, 2.05) is 6.92 Å². The monoisotopic (exact) mass is 260 g/mol. The van der Waals surface area contributed by atoms with Gasteiger partial charge >= 0.3 is 17.9 Å². The molecule has 0 bridgehead atoms. The van der Waals surface area contributed by atoms with E-state index < -0.39 is 41.8 Å². The van der Waals surface area contributed by atoms with Gasteiger partial charge in [0.15, 0.2) is 0 Å². The molecule has 0 aliphatic heterocycles. The van der Waals surface area contributed by atoms with Gasteiger partial charge in [0.1, 0.15) is 5.60 Å². The highest BCUT2D eigenvalue weighted by atomic mass is 16.6. The van der Waals surface area contributed by atoms with Crippen molar-refractivity contribution in [2.75, 3.05) is 0 Å². The molecule has 0 spiro atoms. The second kappa shape index (κ2) is 6.37. The first-order chi connectivity index (χ1) is 8.10. The smallest absolute Gasteiger partial charge is 0.310 e. The van der Waals surface area contributed by atoms with Gasteiger partial charge in [-0.05, 0) is 20.3 Å².